The summed E-state index contributed by atoms with van der Waals surface area (Å²) in [5, 5.41) is 3.41. The molecule has 0 fully saturated rings. The third-order valence-corrected chi connectivity index (χ3v) is 5.80. The van der Waals surface area contributed by atoms with Gasteiger partial charge >= 0.3 is 0 Å². The fourth-order valence-corrected chi connectivity index (χ4v) is 5.21. The van der Waals surface area contributed by atoms with E-state index in [0.717, 1.165) is 3.79 Å². The molecule has 0 amide bonds. The van der Waals surface area contributed by atoms with Crippen molar-refractivity contribution in [3.63, 3.8) is 0 Å². The van der Waals surface area contributed by atoms with Crippen molar-refractivity contribution in [3.8, 4) is 0 Å². The second kappa shape index (κ2) is 7.74. The minimum absolute atomic E-state index is 0.229. The third-order valence-electron chi connectivity index (χ3n) is 3.41. The molecule has 4 heteroatoms. The predicted octanol–water partition coefficient (Wildman–Crippen LogP) is 5.92. The van der Waals surface area contributed by atoms with Gasteiger partial charge in [-0.1, -0.05) is 37.6 Å². The number of nitrogens with one attached hydrogen (secondary N) is 1. The first-order valence-electron chi connectivity index (χ1n) is 6.86. The van der Waals surface area contributed by atoms with Crippen LogP contribution < -0.4 is 5.32 Å². The minimum Gasteiger partial charge on any atom is -0.309 e. The first-order chi connectivity index (χ1) is 9.65. The zero-order valence-corrected chi connectivity index (χ0v) is 15.7. The van der Waals surface area contributed by atoms with Crippen LogP contribution in [0.25, 0.3) is 0 Å². The molecule has 20 heavy (non-hydrogen) atoms. The molecule has 0 aliphatic heterocycles. The van der Waals surface area contributed by atoms with Crippen LogP contribution in [0.15, 0.2) is 37.9 Å². The van der Waals surface area contributed by atoms with Gasteiger partial charge < -0.3 is 5.32 Å². The number of rotatable bonds is 6. The standard InChI is InChI=1S/C16H19Br2NS/c1-3-4-5-11-6-8-12(9-7-11)15(19-2)13-10-14(17)20-16(13)18/h6-10,15,19H,3-5H2,1-2H3. The maximum absolute atomic E-state index is 3.65. The first-order valence-corrected chi connectivity index (χ1v) is 9.26. The summed E-state index contributed by atoms with van der Waals surface area (Å²) >= 11 is 8.92. The molecule has 1 unspecified atom stereocenters. The Kier molecular flexibility index (Phi) is 6.27. The fraction of sp³-hybridized carbons (Fsp3) is 0.375. The van der Waals surface area contributed by atoms with Gasteiger partial charge in [0.05, 0.1) is 13.6 Å². The maximum atomic E-state index is 3.65. The smallest absolute Gasteiger partial charge is 0.0761 e. The van der Waals surface area contributed by atoms with Gasteiger partial charge in [0.25, 0.3) is 0 Å². The zero-order valence-electron chi connectivity index (χ0n) is 11.7. The van der Waals surface area contributed by atoms with E-state index in [-0.39, 0.29) is 6.04 Å². The van der Waals surface area contributed by atoms with Crippen LogP contribution in [-0.2, 0) is 6.42 Å². The fourth-order valence-electron chi connectivity index (χ4n) is 2.31. The molecule has 0 saturated carbocycles. The molecule has 0 spiro atoms. The van der Waals surface area contributed by atoms with E-state index in [0.29, 0.717) is 0 Å². The van der Waals surface area contributed by atoms with E-state index in [1.165, 1.54) is 39.7 Å². The predicted molar refractivity (Wildman–Crippen MR) is 95.7 cm³/mol. The van der Waals surface area contributed by atoms with Gasteiger partial charge in [-0.2, -0.15) is 0 Å². The van der Waals surface area contributed by atoms with Crippen molar-refractivity contribution in [2.24, 2.45) is 0 Å². The van der Waals surface area contributed by atoms with Crippen molar-refractivity contribution in [1.82, 2.24) is 5.32 Å². The number of benzene rings is 1. The maximum Gasteiger partial charge on any atom is 0.0761 e. The highest BCUT2D eigenvalue weighted by Gasteiger charge is 2.17. The third kappa shape index (κ3) is 3.94. The van der Waals surface area contributed by atoms with E-state index < -0.39 is 0 Å². The summed E-state index contributed by atoms with van der Waals surface area (Å²) in [6.45, 7) is 2.23. The van der Waals surface area contributed by atoms with E-state index in [1.807, 2.05) is 7.05 Å². The summed E-state index contributed by atoms with van der Waals surface area (Å²) in [6, 6.07) is 11.4. The van der Waals surface area contributed by atoms with Crippen molar-refractivity contribution in [2.75, 3.05) is 7.05 Å². The number of halogens is 2. The van der Waals surface area contributed by atoms with Gasteiger partial charge in [0.15, 0.2) is 0 Å². The van der Waals surface area contributed by atoms with E-state index in [2.05, 4.69) is 74.4 Å². The molecule has 0 aliphatic rings. The Balaban J connectivity index is 2.21. The summed E-state index contributed by atoms with van der Waals surface area (Å²) in [4.78, 5) is 0. The number of aryl methyl sites for hydroxylation is 1. The van der Waals surface area contributed by atoms with Crippen LogP contribution in [0.3, 0.4) is 0 Å². The van der Waals surface area contributed by atoms with Gasteiger partial charge in [0.2, 0.25) is 0 Å². The monoisotopic (exact) mass is 415 g/mol. The van der Waals surface area contributed by atoms with E-state index in [4.69, 9.17) is 0 Å². The van der Waals surface area contributed by atoms with Crippen LogP contribution in [0.5, 0.6) is 0 Å². The Morgan fingerprint density at radius 1 is 1.20 bits per heavy atom. The van der Waals surface area contributed by atoms with Crippen molar-refractivity contribution < 1.29 is 0 Å². The van der Waals surface area contributed by atoms with Crippen molar-refractivity contribution in [2.45, 2.75) is 32.2 Å². The van der Waals surface area contributed by atoms with E-state index >= 15 is 0 Å². The van der Waals surface area contributed by atoms with Crippen LogP contribution in [-0.4, -0.2) is 7.05 Å². The molecule has 1 atom stereocenters. The van der Waals surface area contributed by atoms with Crippen LogP contribution in [0, 0.1) is 0 Å². The van der Waals surface area contributed by atoms with Crippen molar-refractivity contribution in [3.05, 3.63) is 54.6 Å². The largest absolute Gasteiger partial charge is 0.309 e. The van der Waals surface area contributed by atoms with E-state index in [1.54, 1.807) is 11.3 Å². The molecule has 0 bridgehead atoms. The number of hydrogen-bond acceptors (Lipinski definition) is 2. The molecule has 1 aromatic heterocycles. The molecule has 2 aromatic rings. The Bertz CT molecular complexity index is 548. The Morgan fingerprint density at radius 2 is 1.90 bits per heavy atom. The molecule has 108 valence electrons. The summed E-state index contributed by atoms with van der Waals surface area (Å²) in [6.07, 6.45) is 3.68. The summed E-state index contributed by atoms with van der Waals surface area (Å²) in [7, 11) is 2.01. The average molecular weight is 417 g/mol. The second-order valence-corrected chi connectivity index (χ2v) is 8.60. The van der Waals surface area contributed by atoms with Crippen LogP contribution >= 0.6 is 43.2 Å². The summed E-state index contributed by atoms with van der Waals surface area (Å²) in [5.41, 5.74) is 4.01. The highest BCUT2D eigenvalue weighted by molar-refractivity contribution is 9.12. The molecule has 1 N–H and O–H groups in total. The lowest BCUT2D eigenvalue weighted by atomic mass is 9.99. The number of hydrogen-bond donors (Lipinski definition) is 1. The topological polar surface area (TPSA) is 12.0 Å². The molecule has 2 rings (SSSR count). The Labute approximate surface area is 142 Å². The normalized spacial score (nSPS) is 12.6. The zero-order chi connectivity index (χ0) is 14.5. The molecular weight excluding hydrogens is 398 g/mol. The Morgan fingerprint density at radius 3 is 2.40 bits per heavy atom. The van der Waals surface area contributed by atoms with E-state index in [9.17, 15) is 0 Å². The van der Waals surface area contributed by atoms with Crippen molar-refractivity contribution >= 4 is 43.2 Å². The van der Waals surface area contributed by atoms with Crippen LogP contribution in [0.1, 0.15) is 42.5 Å². The molecule has 0 aliphatic carbocycles. The summed E-state index contributed by atoms with van der Waals surface area (Å²) in [5.74, 6) is 0. The first kappa shape index (κ1) is 16.2. The molecule has 0 radical (unpaired) electrons. The van der Waals surface area contributed by atoms with Gasteiger partial charge in [-0.3, -0.25) is 0 Å². The SMILES string of the molecule is CCCCc1ccc(C(NC)c2cc(Br)sc2Br)cc1. The molecule has 1 nitrogen and oxygen atoms in total. The Hall–Kier alpha value is -0.160. The van der Waals surface area contributed by atoms with Gasteiger partial charge in [-0.05, 0) is 74.5 Å². The van der Waals surface area contributed by atoms with Gasteiger partial charge in [0.1, 0.15) is 0 Å². The van der Waals surface area contributed by atoms with Gasteiger partial charge in [0, 0.05) is 0 Å². The van der Waals surface area contributed by atoms with Crippen LogP contribution in [0.2, 0.25) is 0 Å². The minimum atomic E-state index is 0.229. The molecule has 1 heterocycles. The lowest BCUT2D eigenvalue weighted by Crippen LogP contribution is -2.17. The van der Waals surface area contributed by atoms with Gasteiger partial charge in [-0.25, -0.2) is 0 Å². The number of thiophene rings is 1. The highest BCUT2D eigenvalue weighted by Crippen LogP contribution is 2.37. The average Bonchev–Trinajstić information content (AvgIpc) is 2.78. The second-order valence-electron chi connectivity index (χ2n) is 4.85. The van der Waals surface area contributed by atoms with Crippen molar-refractivity contribution in [1.29, 1.82) is 0 Å². The molecule has 0 saturated heterocycles. The lowest BCUT2D eigenvalue weighted by Gasteiger charge is -2.17. The lowest BCUT2D eigenvalue weighted by molar-refractivity contribution is 0.691. The van der Waals surface area contributed by atoms with Gasteiger partial charge in [-0.15, -0.1) is 11.3 Å². The number of unbranched alkanes of at least 4 members (excludes halogenated alkanes) is 1. The quantitative estimate of drug-likeness (QED) is 0.615. The van der Waals surface area contributed by atoms with Crippen LogP contribution in [0.4, 0.5) is 0 Å². The highest BCUT2D eigenvalue weighted by atomic mass is 79.9. The summed E-state index contributed by atoms with van der Waals surface area (Å²) < 4.78 is 2.33. The molecule has 1 aromatic carbocycles. The molecular formula is C16H19Br2NS.